The molecule has 0 heterocycles. The molecule has 0 aliphatic rings. The van der Waals surface area contributed by atoms with Crippen molar-refractivity contribution in [2.45, 2.75) is 41.0 Å². The van der Waals surface area contributed by atoms with E-state index in [0.29, 0.717) is 12.5 Å². The van der Waals surface area contributed by atoms with Gasteiger partial charge in [0.2, 0.25) is 0 Å². The van der Waals surface area contributed by atoms with Crippen molar-refractivity contribution in [3.05, 3.63) is 12.7 Å². The number of carbonyl (C=O) groups excluding carboxylic acids is 1. The molecule has 0 aromatic carbocycles. The van der Waals surface area contributed by atoms with Crippen molar-refractivity contribution >= 4 is 5.97 Å². The second kappa shape index (κ2) is 5.94. The fourth-order valence-corrected chi connectivity index (χ4v) is 1.50. The molecule has 0 N–H and O–H groups in total. The van der Waals surface area contributed by atoms with Gasteiger partial charge >= 0.3 is 5.97 Å². The normalized spacial score (nSPS) is 13.7. The predicted molar refractivity (Wildman–Crippen MR) is 63.6 cm³/mol. The minimum absolute atomic E-state index is 0.00931. The highest BCUT2D eigenvalue weighted by molar-refractivity contribution is 5.72. The molecule has 15 heavy (non-hydrogen) atoms. The Morgan fingerprint density at radius 3 is 2.27 bits per heavy atom. The van der Waals surface area contributed by atoms with Crippen LogP contribution in [0.15, 0.2) is 12.7 Å². The van der Waals surface area contributed by atoms with E-state index in [1.54, 1.807) is 6.08 Å². The molecule has 0 saturated carbocycles. The van der Waals surface area contributed by atoms with Crippen LogP contribution in [-0.4, -0.2) is 12.6 Å². The maximum Gasteiger partial charge on any atom is 0.309 e. The summed E-state index contributed by atoms with van der Waals surface area (Å²) in [4.78, 5) is 11.8. The minimum Gasteiger partial charge on any atom is -0.461 e. The molecule has 0 spiro atoms. The highest BCUT2D eigenvalue weighted by Gasteiger charge is 2.28. The summed E-state index contributed by atoms with van der Waals surface area (Å²) < 4.78 is 5.10. The quantitative estimate of drug-likeness (QED) is 0.515. The SMILES string of the molecule is C=CCOC(=O)C(CC(C)(C)C)C(C)C. The predicted octanol–water partition coefficient (Wildman–Crippen LogP) is 3.42. The summed E-state index contributed by atoms with van der Waals surface area (Å²) in [6.45, 7) is 14.4. The van der Waals surface area contributed by atoms with Crippen LogP contribution in [0.4, 0.5) is 0 Å². The Morgan fingerprint density at radius 1 is 1.40 bits per heavy atom. The summed E-state index contributed by atoms with van der Waals surface area (Å²) in [7, 11) is 0. The molecule has 2 nitrogen and oxygen atoms in total. The fourth-order valence-electron chi connectivity index (χ4n) is 1.50. The van der Waals surface area contributed by atoms with Gasteiger partial charge in [-0.15, -0.1) is 0 Å². The zero-order chi connectivity index (χ0) is 12.1. The van der Waals surface area contributed by atoms with Crippen molar-refractivity contribution < 1.29 is 9.53 Å². The average molecular weight is 212 g/mol. The van der Waals surface area contributed by atoms with Crippen LogP contribution in [-0.2, 0) is 9.53 Å². The van der Waals surface area contributed by atoms with Gasteiger partial charge in [-0.1, -0.05) is 47.3 Å². The van der Waals surface area contributed by atoms with Crippen molar-refractivity contribution in [1.82, 2.24) is 0 Å². The summed E-state index contributed by atoms with van der Waals surface area (Å²) in [5.74, 6) is 0.214. The van der Waals surface area contributed by atoms with Crippen molar-refractivity contribution in [2.75, 3.05) is 6.61 Å². The molecule has 1 atom stereocenters. The highest BCUT2D eigenvalue weighted by Crippen LogP contribution is 2.29. The van der Waals surface area contributed by atoms with E-state index in [1.807, 2.05) is 0 Å². The molecular formula is C13H24O2. The van der Waals surface area contributed by atoms with E-state index < -0.39 is 0 Å². The van der Waals surface area contributed by atoms with Crippen LogP contribution in [0.25, 0.3) is 0 Å². The third-order valence-electron chi connectivity index (χ3n) is 2.28. The third kappa shape index (κ3) is 6.32. The van der Waals surface area contributed by atoms with Gasteiger partial charge in [0, 0.05) is 0 Å². The van der Waals surface area contributed by atoms with Crippen molar-refractivity contribution in [3.63, 3.8) is 0 Å². The van der Waals surface area contributed by atoms with Gasteiger partial charge in [0.05, 0.1) is 5.92 Å². The fraction of sp³-hybridized carbons (Fsp3) is 0.769. The van der Waals surface area contributed by atoms with Gasteiger partial charge < -0.3 is 4.74 Å². The van der Waals surface area contributed by atoms with Crippen LogP contribution in [0.5, 0.6) is 0 Å². The van der Waals surface area contributed by atoms with E-state index in [0.717, 1.165) is 6.42 Å². The Labute approximate surface area is 93.7 Å². The van der Waals surface area contributed by atoms with E-state index in [-0.39, 0.29) is 17.3 Å². The number of ether oxygens (including phenoxy) is 1. The number of hydrogen-bond donors (Lipinski definition) is 0. The standard InChI is InChI=1S/C13H24O2/c1-7-8-15-12(14)11(10(2)3)9-13(4,5)6/h7,10-11H,1,8-9H2,2-6H3. The molecule has 0 rings (SSSR count). The van der Waals surface area contributed by atoms with Crippen LogP contribution in [0.2, 0.25) is 0 Å². The molecule has 0 radical (unpaired) electrons. The minimum atomic E-state index is -0.0974. The van der Waals surface area contributed by atoms with Crippen LogP contribution in [0.3, 0.4) is 0 Å². The smallest absolute Gasteiger partial charge is 0.309 e. The molecule has 0 aliphatic carbocycles. The van der Waals surface area contributed by atoms with Crippen molar-refractivity contribution in [3.8, 4) is 0 Å². The van der Waals surface area contributed by atoms with Gasteiger partial charge in [-0.3, -0.25) is 4.79 Å². The third-order valence-corrected chi connectivity index (χ3v) is 2.28. The van der Waals surface area contributed by atoms with Crippen LogP contribution >= 0.6 is 0 Å². The first kappa shape index (κ1) is 14.2. The number of esters is 1. The molecule has 0 amide bonds. The van der Waals surface area contributed by atoms with Gasteiger partial charge in [-0.25, -0.2) is 0 Å². The second-order valence-corrected chi connectivity index (χ2v) is 5.53. The van der Waals surface area contributed by atoms with E-state index in [9.17, 15) is 4.79 Å². The Hall–Kier alpha value is -0.790. The van der Waals surface area contributed by atoms with Gasteiger partial charge in [0.25, 0.3) is 0 Å². The average Bonchev–Trinajstić information content (AvgIpc) is 2.08. The van der Waals surface area contributed by atoms with Crippen LogP contribution < -0.4 is 0 Å². The molecule has 1 unspecified atom stereocenters. The Bertz CT molecular complexity index is 211. The first-order chi connectivity index (χ1) is 6.78. The molecule has 0 aromatic rings. The molecule has 0 aromatic heterocycles. The van der Waals surface area contributed by atoms with Crippen LogP contribution in [0, 0.1) is 17.3 Å². The zero-order valence-electron chi connectivity index (χ0n) is 10.7. The largest absolute Gasteiger partial charge is 0.461 e. The highest BCUT2D eigenvalue weighted by atomic mass is 16.5. The van der Waals surface area contributed by atoms with E-state index >= 15 is 0 Å². The molecular weight excluding hydrogens is 188 g/mol. The van der Waals surface area contributed by atoms with Gasteiger partial charge in [-0.05, 0) is 17.8 Å². The summed E-state index contributed by atoms with van der Waals surface area (Å²) in [6.07, 6.45) is 2.47. The van der Waals surface area contributed by atoms with Gasteiger partial charge in [-0.2, -0.15) is 0 Å². The lowest BCUT2D eigenvalue weighted by Gasteiger charge is -2.27. The number of carbonyl (C=O) groups is 1. The summed E-state index contributed by atoms with van der Waals surface area (Å²) >= 11 is 0. The van der Waals surface area contributed by atoms with E-state index in [1.165, 1.54) is 0 Å². The Kier molecular flexibility index (Phi) is 5.63. The molecule has 88 valence electrons. The number of rotatable bonds is 5. The molecule has 0 fully saturated rings. The lowest BCUT2D eigenvalue weighted by molar-refractivity contribution is -0.150. The maximum absolute atomic E-state index is 11.8. The second-order valence-electron chi connectivity index (χ2n) is 5.53. The van der Waals surface area contributed by atoms with Crippen molar-refractivity contribution in [1.29, 1.82) is 0 Å². The van der Waals surface area contributed by atoms with Gasteiger partial charge in [0.1, 0.15) is 6.61 Å². The summed E-state index contributed by atoms with van der Waals surface area (Å²) in [5, 5.41) is 0. The topological polar surface area (TPSA) is 26.3 Å². The Morgan fingerprint density at radius 2 is 1.93 bits per heavy atom. The lowest BCUT2D eigenvalue weighted by Crippen LogP contribution is -2.27. The molecule has 0 saturated heterocycles. The number of hydrogen-bond acceptors (Lipinski definition) is 2. The zero-order valence-corrected chi connectivity index (χ0v) is 10.7. The monoisotopic (exact) mass is 212 g/mol. The molecule has 2 heteroatoms. The maximum atomic E-state index is 11.8. The lowest BCUT2D eigenvalue weighted by atomic mass is 9.80. The van der Waals surface area contributed by atoms with Crippen LogP contribution in [0.1, 0.15) is 41.0 Å². The first-order valence-electron chi connectivity index (χ1n) is 5.55. The van der Waals surface area contributed by atoms with Crippen molar-refractivity contribution in [2.24, 2.45) is 17.3 Å². The molecule has 0 bridgehead atoms. The summed E-state index contributed by atoms with van der Waals surface area (Å²) in [6, 6.07) is 0. The van der Waals surface area contributed by atoms with E-state index in [4.69, 9.17) is 4.74 Å². The first-order valence-corrected chi connectivity index (χ1v) is 5.55. The van der Waals surface area contributed by atoms with Gasteiger partial charge in [0.15, 0.2) is 0 Å². The molecule has 0 aliphatic heterocycles. The Balaban J connectivity index is 4.39. The summed E-state index contributed by atoms with van der Waals surface area (Å²) in [5.41, 5.74) is 0.155. The van der Waals surface area contributed by atoms with E-state index in [2.05, 4.69) is 41.2 Å².